The van der Waals surface area contributed by atoms with Crippen LogP contribution in [0.1, 0.15) is 40.0 Å². The summed E-state index contributed by atoms with van der Waals surface area (Å²) in [5.74, 6) is 0. The maximum Gasteiger partial charge on any atom is 0.136 e. The van der Waals surface area contributed by atoms with Gasteiger partial charge in [0.2, 0.25) is 0 Å². The molecule has 1 aromatic rings. The van der Waals surface area contributed by atoms with Crippen molar-refractivity contribution in [3.05, 3.63) is 24.3 Å². The minimum Gasteiger partial charge on any atom is -0.598 e. The monoisotopic (exact) mass is 325 g/mol. The third-order valence-corrected chi connectivity index (χ3v) is 4.93. The third-order valence-electron chi connectivity index (χ3n) is 3.36. The molecular formula is C17H31N3OS. The highest BCUT2D eigenvalue weighted by Gasteiger charge is 2.25. The molecule has 0 aliphatic heterocycles. The Morgan fingerprint density at radius 2 is 1.59 bits per heavy atom. The van der Waals surface area contributed by atoms with E-state index in [4.69, 9.17) is 0 Å². The lowest BCUT2D eigenvalue weighted by Gasteiger charge is -2.23. The number of anilines is 2. The fourth-order valence-corrected chi connectivity index (χ4v) is 2.68. The summed E-state index contributed by atoms with van der Waals surface area (Å²) in [4.78, 5) is 2.10. The quantitative estimate of drug-likeness (QED) is 0.540. The third kappa shape index (κ3) is 7.38. The second-order valence-corrected chi connectivity index (χ2v) is 8.76. The molecule has 0 saturated heterocycles. The molecule has 0 fully saturated rings. The van der Waals surface area contributed by atoms with Crippen molar-refractivity contribution >= 4 is 22.7 Å². The number of rotatable bonds is 9. The molecule has 0 heterocycles. The van der Waals surface area contributed by atoms with E-state index in [1.54, 1.807) is 0 Å². The highest BCUT2D eigenvalue weighted by Crippen LogP contribution is 2.16. The van der Waals surface area contributed by atoms with Crippen LogP contribution < -0.4 is 14.9 Å². The molecule has 1 atom stereocenters. The van der Waals surface area contributed by atoms with Gasteiger partial charge < -0.3 is 14.8 Å². The molecule has 0 spiro atoms. The summed E-state index contributed by atoms with van der Waals surface area (Å²) < 4.78 is 14.7. The molecule has 1 unspecified atom stereocenters. The van der Waals surface area contributed by atoms with E-state index < -0.39 is 11.4 Å². The molecule has 0 aromatic heterocycles. The van der Waals surface area contributed by atoms with Crippen LogP contribution in [-0.2, 0) is 11.4 Å². The molecule has 126 valence electrons. The van der Waals surface area contributed by atoms with Crippen molar-refractivity contribution in [2.45, 2.75) is 44.8 Å². The van der Waals surface area contributed by atoms with Crippen molar-refractivity contribution < 1.29 is 4.55 Å². The lowest BCUT2D eigenvalue weighted by molar-refractivity contribution is 0.540. The summed E-state index contributed by atoms with van der Waals surface area (Å²) in [7, 11) is 4.09. The molecule has 22 heavy (non-hydrogen) atoms. The summed E-state index contributed by atoms with van der Waals surface area (Å²) in [5, 5.41) is 3.44. The van der Waals surface area contributed by atoms with E-state index in [2.05, 4.69) is 39.2 Å². The van der Waals surface area contributed by atoms with Gasteiger partial charge in [0.15, 0.2) is 0 Å². The zero-order valence-corrected chi connectivity index (χ0v) is 15.4. The Bertz CT molecular complexity index is 415. The van der Waals surface area contributed by atoms with Crippen molar-refractivity contribution in [2.24, 2.45) is 0 Å². The average molecular weight is 326 g/mol. The molecule has 0 bridgehead atoms. The first-order chi connectivity index (χ1) is 10.3. The van der Waals surface area contributed by atoms with Gasteiger partial charge in [-0.15, -0.1) is 4.72 Å². The Morgan fingerprint density at radius 3 is 2.14 bits per heavy atom. The number of benzene rings is 1. The summed E-state index contributed by atoms with van der Waals surface area (Å²) in [5.41, 5.74) is 2.38. The zero-order valence-electron chi connectivity index (χ0n) is 14.6. The first kappa shape index (κ1) is 19.1. The van der Waals surface area contributed by atoms with Gasteiger partial charge in [0.05, 0.1) is 0 Å². The maximum absolute atomic E-state index is 11.8. The van der Waals surface area contributed by atoms with Gasteiger partial charge >= 0.3 is 0 Å². The van der Waals surface area contributed by atoms with E-state index >= 15 is 0 Å². The SMILES string of the molecule is CN(C)c1ccc(NCCCCCN[S+]([O-])C(C)(C)C)cc1. The van der Waals surface area contributed by atoms with Gasteiger partial charge in [0.25, 0.3) is 0 Å². The van der Waals surface area contributed by atoms with E-state index in [1.165, 1.54) is 5.69 Å². The second kappa shape index (κ2) is 9.28. The Balaban J connectivity index is 2.08. The van der Waals surface area contributed by atoms with Gasteiger partial charge in [-0.05, 0) is 57.9 Å². The number of hydrogen-bond acceptors (Lipinski definition) is 4. The molecule has 1 rings (SSSR count). The summed E-state index contributed by atoms with van der Waals surface area (Å²) in [6.07, 6.45) is 3.32. The van der Waals surface area contributed by atoms with E-state index in [1.807, 2.05) is 34.9 Å². The van der Waals surface area contributed by atoms with E-state index in [9.17, 15) is 4.55 Å². The van der Waals surface area contributed by atoms with Crippen LogP contribution in [0.2, 0.25) is 0 Å². The van der Waals surface area contributed by atoms with Gasteiger partial charge in [-0.25, -0.2) is 0 Å². The largest absolute Gasteiger partial charge is 0.598 e. The van der Waals surface area contributed by atoms with E-state index in [0.29, 0.717) is 0 Å². The normalized spacial score (nSPS) is 13.0. The minimum absolute atomic E-state index is 0.180. The van der Waals surface area contributed by atoms with Crippen LogP contribution in [0.15, 0.2) is 24.3 Å². The Labute approximate surface area is 139 Å². The number of nitrogens with one attached hydrogen (secondary N) is 2. The van der Waals surface area contributed by atoms with Crippen molar-refractivity contribution in [1.82, 2.24) is 4.72 Å². The van der Waals surface area contributed by atoms with E-state index in [0.717, 1.165) is 38.0 Å². The summed E-state index contributed by atoms with van der Waals surface area (Å²) >= 11 is -0.950. The molecule has 0 radical (unpaired) electrons. The fourth-order valence-electron chi connectivity index (χ4n) is 1.92. The van der Waals surface area contributed by atoms with Gasteiger partial charge in [-0.3, -0.25) is 0 Å². The lowest BCUT2D eigenvalue weighted by Crippen LogP contribution is -2.39. The Hall–Kier alpha value is -0.910. The van der Waals surface area contributed by atoms with Crippen molar-refractivity contribution in [3.63, 3.8) is 0 Å². The predicted molar refractivity (Wildman–Crippen MR) is 99.0 cm³/mol. The minimum atomic E-state index is -0.950. The number of hydrogen-bond donors (Lipinski definition) is 2. The standard InChI is InChI=1S/C17H31N3OS/c1-17(2,3)22(21)19-14-8-6-7-13-18-15-9-11-16(12-10-15)20(4)5/h9-12,18-19H,6-8,13-14H2,1-5H3. The Morgan fingerprint density at radius 1 is 1.00 bits per heavy atom. The first-order valence-electron chi connectivity index (χ1n) is 7.97. The van der Waals surface area contributed by atoms with Crippen LogP contribution in [-0.4, -0.2) is 36.5 Å². The van der Waals surface area contributed by atoms with Crippen LogP contribution in [0.4, 0.5) is 11.4 Å². The van der Waals surface area contributed by atoms with Gasteiger partial charge in [-0.1, -0.05) is 6.42 Å². The molecule has 5 heteroatoms. The molecular weight excluding hydrogens is 294 g/mol. The van der Waals surface area contributed by atoms with Crippen molar-refractivity contribution in [1.29, 1.82) is 0 Å². The average Bonchev–Trinajstić information content (AvgIpc) is 2.45. The van der Waals surface area contributed by atoms with Crippen LogP contribution in [0.25, 0.3) is 0 Å². The maximum atomic E-state index is 11.8. The fraction of sp³-hybridized carbons (Fsp3) is 0.647. The summed E-state index contributed by atoms with van der Waals surface area (Å²) in [6.45, 7) is 7.76. The second-order valence-electron chi connectivity index (χ2n) is 6.70. The zero-order chi connectivity index (χ0) is 16.6. The molecule has 0 aliphatic carbocycles. The number of unbranched alkanes of at least 4 members (excludes halogenated alkanes) is 2. The van der Waals surface area contributed by atoms with Crippen molar-refractivity contribution in [2.75, 3.05) is 37.4 Å². The van der Waals surface area contributed by atoms with Gasteiger partial charge in [-0.2, -0.15) is 0 Å². The molecule has 4 nitrogen and oxygen atoms in total. The van der Waals surface area contributed by atoms with Gasteiger partial charge in [0.1, 0.15) is 4.75 Å². The van der Waals surface area contributed by atoms with E-state index in [-0.39, 0.29) is 4.75 Å². The molecule has 0 aliphatic rings. The molecule has 1 aromatic carbocycles. The smallest absolute Gasteiger partial charge is 0.136 e. The Kier molecular flexibility index (Phi) is 8.07. The van der Waals surface area contributed by atoms with Crippen LogP contribution in [0, 0.1) is 0 Å². The number of nitrogens with zero attached hydrogens (tertiary/aromatic N) is 1. The van der Waals surface area contributed by atoms with Crippen LogP contribution in [0.3, 0.4) is 0 Å². The lowest BCUT2D eigenvalue weighted by atomic mass is 10.2. The predicted octanol–water partition coefficient (Wildman–Crippen LogP) is 3.39. The highest BCUT2D eigenvalue weighted by atomic mass is 32.2. The molecule has 0 amide bonds. The molecule has 0 saturated carbocycles. The topological polar surface area (TPSA) is 50.4 Å². The summed E-state index contributed by atoms with van der Waals surface area (Å²) in [6, 6.07) is 8.47. The van der Waals surface area contributed by atoms with Crippen LogP contribution in [0.5, 0.6) is 0 Å². The molecule has 2 N–H and O–H groups in total. The van der Waals surface area contributed by atoms with Gasteiger partial charge in [0, 0.05) is 49.9 Å². The van der Waals surface area contributed by atoms with Crippen LogP contribution >= 0.6 is 0 Å². The highest BCUT2D eigenvalue weighted by molar-refractivity contribution is 7.90. The van der Waals surface area contributed by atoms with Crippen molar-refractivity contribution in [3.8, 4) is 0 Å². The first-order valence-corrected chi connectivity index (χ1v) is 9.12.